The van der Waals surface area contributed by atoms with Crippen LogP contribution in [0, 0.1) is 17.8 Å². The van der Waals surface area contributed by atoms with Gasteiger partial charge >= 0.3 is 24.0 Å². The fourth-order valence-corrected chi connectivity index (χ4v) is 6.65. The predicted molar refractivity (Wildman–Crippen MR) is 204 cm³/mol. The summed E-state index contributed by atoms with van der Waals surface area (Å²) in [6, 6.07) is -3.63. The Morgan fingerprint density at radius 3 is 1.19 bits per heavy atom. The van der Waals surface area contributed by atoms with Crippen molar-refractivity contribution in [3.63, 3.8) is 0 Å². The van der Waals surface area contributed by atoms with Gasteiger partial charge in [-0.05, 0) is 77.0 Å². The van der Waals surface area contributed by atoms with Crippen molar-refractivity contribution in [3.8, 4) is 0 Å². The molecule has 0 spiro atoms. The molecule has 6 atom stereocenters. The summed E-state index contributed by atoms with van der Waals surface area (Å²) in [4.78, 5) is 55.2. The molecule has 3 aliphatic rings. The van der Waals surface area contributed by atoms with Crippen molar-refractivity contribution in [2.75, 3.05) is 0 Å². The number of ether oxygens (including phenoxy) is 1. The molecule has 0 aromatic rings. The van der Waals surface area contributed by atoms with Crippen LogP contribution < -0.4 is 16.4 Å². The minimum Gasteiger partial charge on any atom is -0.480 e. The second-order valence-electron chi connectivity index (χ2n) is 14.5. The minimum absolute atomic E-state index is 0. The second kappa shape index (κ2) is 27.3. The zero-order chi connectivity index (χ0) is 37.3. The molecule has 15 nitrogen and oxygen atoms in total. The number of nitrogens with one attached hydrogen (secondary N) is 2. The van der Waals surface area contributed by atoms with E-state index in [4.69, 9.17) is 20.7 Å². The molecule has 2 amide bonds. The third-order valence-electron chi connectivity index (χ3n) is 9.30. The number of aliphatic hydroxyl groups excluding tert-OH is 3. The van der Waals surface area contributed by atoms with Crippen molar-refractivity contribution < 1.29 is 64.1 Å². The highest BCUT2D eigenvalue weighted by Gasteiger charge is 2.36. The average Bonchev–Trinajstić information content (AvgIpc) is 3.05. The van der Waals surface area contributed by atoms with Gasteiger partial charge in [0.2, 0.25) is 5.91 Å². The van der Waals surface area contributed by atoms with Crippen molar-refractivity contribution in [2.45, 2.75) is 173 Å². The van der Waals surface area contributed by atoms with E-state index >= 15 is 0 Å². The van der Waals surface area contributed by atoms with Gasteiger partial charge in [-0.1, -0.05) is 65.2 Å². The van der Waals surface area contributed by atoms with Crippen molar-refractivity contribution in [2.24, 2.45) is 23.5 Å². The molecule has 17 heteroatoms. The Morgan fingerprint density at radius 2 is 0.923 bits per heavy atom. The molecule has 52 heavy (non-hydrogen) atoms. The van der Waals surface area contributed by atoms with Crippen molar-refractivity contribution in [3.05, 3.63) is 0 Å². The molecular weight excluding hydrogens is 800 g/mol. The maximum atomic E-state index is 11.7. The number of hydrogen-bond acceptors (Lipinski definition) is 10. The smallest absolute Gasteiger partial charge is 0.408 e. The Labute approximate surface area is 324 Å². The first-order chi connectivity index (χ1) is 22.8. The van der Waals surface area contributed by atoms with Gasteiger partial charge in [0.15, 0.2) is 12.1 Å². The lowest BCUT2D eigenvalue weighted by Crippen LogP contribution is -2.52. The number of alkyl carbamates (subject to hydrolysis) is 1. The topological polar surface area (TPSA) is 266 Å². The summed E-state index contributed by atoms with van der Waals surface area (Å²) in [6.07, 6.45) is 10.9. The first-order valence-corrected chi connectivity index (χ1v) is 17.6. The van der Waals surface area contributed by atoms with Gasteiger partial charge in [-0.25, -0.2) is 14.4 Å². The Kier molecular flexibility index (Phi) is 28.3. The fraction of sp³-hybridized carbons (Fsp3) is 0.857. The third kappa shape index (κ3) is 20.8. The Balaban J connectivity index is -0.000000687. The highest BCUT2D eigenvalue weighted by atomic mass is 127. The van der Waals surface area contributed by atoms with Crippen LogP contribution in [0.1, 0.15) is 131 Å². The highest BCUT2D eigenvalue weighted by molar-refractivity contribution is 14.0. The summed E-state index contributed by atoms with van der Waals surface area (Å²) in [5.41, 5.74) is 4.64. The lowest BCUT2D eigenvalue weighted by Gasteiger charge is -2.31. The molecule has 0 unspecified atom stereocenters. The molecule has 0 aliphatic heterocycles. The van der Waals surface area contributed by atoms with Crippen LogP contribution in [0.5, 0.6) is 0 Å². The normalized spacial score (nSPS) is 20.2. The number of rotatable bonds is 11. The van der Waals surface area contributed by atoms with E-state index in [1.807, 2.05) is 0 Å². The highest BCUT2D eigenvalue weighted by Crippen LogP contribution is 2.29. The van der Waals surface area contributed by atoms with Crippen LogP contribution in [0.15, 0.2) is 0 Å². The molecule has 3 aliphatic carbocycles. The molecular formula is C35H67FIN3O12. The van der Waals surface area contributed by atoms with E-state index < -0.39 is 71.9 Å². The van der Waals surface area contributed by atoms with Crippen LogP contribution in [-0.4, -0.2) is 103 Å². The van der Waals surface area contributed by atoms with Crippen LogP contribution in [-0.2, 0) is 23.9 Å². The Hall–Kier alpha value is -2.35. The number of amides is 2. The number of carboxylic acids is 3. The van der Waals surface area contributed by atoms with Crippen molar-refractivity contribution >= 4 is 53.9 Å². The number of carboxylic acid groups (broad SMARTS) is 3. The van der Waals surface area contributed by atoms with Crippen LogP contribution in [0.2, 0.25) is 0 Å². The van der Waals surface area contributed by atoms with Gasteiger partial charge in [0.25, 0.3) is 0 Å². The lowest BCUT2D eigenvalue weighted by molar-refractivity contribution is -0.146. The summed E-state index contributed by atoms with van der Waals surface area (Å²) >= 11 is 0. The number of carbonyl (C=O) groups is 5. The number of aliphatic hydroxyl groups is 3. The molecule has 3 saturated carbocycles. The Bertz CT molecular complexity index is 1050. The summed E-state index contributed by atoms with van der Waals surface area (Å²) in [6.45, 7) is 6.34. The molecule has 0 aromatic heterocycles. The van der Waals surface area contributed by atoms with Gasteiger partial charge in [-0.15, -0.1) is 24.0 Å². The van der Waals surface area contributed by atoms with Gasteiger partial charge in [-0.2, -0.15) is 0 Å². The molecule has 10 N–H and O–H groups in total. The van der Waals surface area contributed by atoms with Gasteiger partial charge in [0, 0.05) is 6.92 Å². The van der Waals surface area contributed by atoms with Gasteiger partial charge in [0.1, 0.15) is 11.6 Å². The molecule has 0 heterocycles. The molecule has 3 rings (SSSR count). The third-order valence-corrected chi connectivity index (χ3v) is 9.30. The van der Waals surface area contributed by atoms with E-state index in [1.54, 1.807) is 20.8 Å². The molecule has 0 saturated heterocycles. The van der Waals surface area contributed by atoms with Gasteiger partial charge in [-0.3, -0.25) is 14.3 Å². The van der Waals surface area contributed by atoms with Crippen LogP contribution >= 0.6 is 24.0 Å². The first-order valence-electron chi connectivity index (χ1n) is 17.6. The van der Waals surface area contributed by atoms with Crippen molar-refractivity contribution in [1.82, 2.24) is 10.6 Å². The van der Waals surface area contributed by atoms with E-state index in [0.717, 1.165) is 89.9 Å². The summed E-state index contributed by atoms with van der Waals surface area (Å²) in [5.74, 6) is -3.97. The van der Waals surface area contributed by atoms with E-state index in [0.29, 0.717) is 0 Å². The van der Waals surface area contributed by atoms with Crippen LogP contribution in [0.25, 0.3) is 0 Å². The molecule has 0 bridgehead atoms. The van der Waals surface area contributed by atoms with E-state index in [9.17, 15) is 44.4 Å². The van der Waals surface area contributed by atoms with E-state index in [-0.39, 0.29) is 53.9 Å². The van der Waals surface area contributed by atoms with E-state index in [2.05, 4.69) is 10.6 Å². The van der Waals surface area contributed by atoms with Crippen molar-refractivity contribution in [1.29, 1.82) is 0 Å². The maximum absolute atomic E-state index is 11.7. The van der Waals surface area contributed by atoms with Crippen LogP contribution in [0.3, 0.4) is 0 Å². The quantitative estimate of drug-likeness (QED) is 0.132. The molecule has 308 valence electrons. The standard InChI is InChI=1S/C14H25NO5.C11H19NO4.C9H17NO3.CH4.FH.HI/c1-14(2,3)20-13(19)15-10(12(17)18)11(16)9-7-5-4-6-8-9;1-7(13)12-9(11(15)16)10(14)8-5-3-2-4-6-8;10-7(9(12)13)8(11)6-4-2-1-3-5-6;;;/h9-11,16H,4-8H2,1-3H3,(H,15,19)(H,17,18);8-10,14H,2-6H2,1H3,(H,12,13)(H,15,16);6-8,11H,1-5,10H2,(H,12,13);1H4;2*1H/t10-,11-;9-,10-;7-,8-;;;/m111.../s1. The van der Waals surface area contributed by atoms with Gasteiger partial charge in [0.05, 0.1) is 18.3 Å². The molecule has 3 fully saturated rings. The number of aliphatic carboxylic acids is 3. The van der Waals surface area contributed by atoms with Gasteiger partial charge < -0.3 is 51.7 Å². The number of carbonyl (C=O) groups excluding carboxylic acids is 2. The molecule has 0 radical (unpaired) electrons. The van der Waals surface area contributed by atoms with Crippen LogP contribution in [0.4, 0.5) is 9.50 Å². The second-order valence-corrected chi connectivity index (χ2v) is 14.5. The number of halogens is 2. The maximum Gasteiger partial charge on any atom is 0.408 e. The number of hydrogen-bond donors (Lipinski definition) is 9. The first kappa shape index (κ1) is 54.0. The number of nitrogens with two attached hydrogens (primary N) is 1. The monoisotopic (exact) mass is 867 g/mol. The Morgan fingerprint density at radius 1 is 0.615 bits per heavy atom. The van der Waals surface area contributed by atoms with E-state index in [1.165, 1.54) is 13.3 Å². The molecule has 0 aromatic carbocycles. The summed E-state index contributed by atoms with van der Waals surface area (Å²) < 4.78 is 5.03. The SMILES string of the molecule is C.CC(=O)N[C@@H](C(=O)O)[C@H](O)C1CCCCC1.CC(C)(C)OC(=O)N[C@@H](C(=O)O)[C@H](O)C1CCCCC1.F.I.N[C@@H](C(=O)O)[C@H](O)C1CCCCC1. The minimum atomic E-state index is -1.33. The zero-order valence-corrected chi connectivity index (χ0v) is 32.7. The lowest BCUT2D eigenvalue weighted by atomic mass is 9.82. The largest absolute Gasteiger partial charge is 0.480 e. The predicted octanol–water partition coefficient (Wildman–Crippen LogP) is 4.17. The summed E-state index contributed by atoms with van der Waals surface area (Å²) in [5, 5.41) is 61.0. The fourth-order valence-electron chi connectivity index (χ4n) is 6.65. The zero-order valence-electron chi connectivity index (χ0n) is 30.3. The average molecular weight is 868 g/mol. The summed E-state index contributed by atoms with van der Waals surface area (Å²) in [7, 11) is 0.